The molecule has 4 rings (SSSR count). The lowest BCUT2D eigenvalue weighted by atomic mass is 10.1. The highest BCUT2D eigenvalue weighted by molar-refractivity contribution is 5.94. The van der Waals surface area contributed by atoms with Gasteiger partial charge in [-0.2, -0.15) is 5.10 Å². The maximum atomic E-state index is 12.5. The fourth-order valence-electron chi connectivity index (χ4n) is 3.82. The molecule has 3 heterocycles. The first-order valence-corrected chi connectivity index (χ1v) is 9.67. The van der Waals surface area contributed by atoms with Crippen molar-refractivity contribution < 1.29 is 4.79 Å². The Labute approximate surface area is 164 Å². The zero-order valence-electron chi connectivity index (χ0n) is 16.8. The highest BCUT2D eigenvalue weighted by atomic mass is 16.1. The number of carbonyl (C=O) groups is 1. The second-order valence-corrected chi connectivity index (χ2v) is 7.24. The van der Waals surface area contributed by atoms with Gasteiger partial charge < -0.3 is 9.88 Å². The van der Waals surface area contributed by atoms with Crippen LogP contribution in [0.25, 0.3) is 16.6 Å². The minimum Gasteiger partial charge on any atom is -0.348 e. The van der Waals surface area contributed by atoms with E-state index in [-0.39, 0.29) is 5.91 Å². The highest BCUT2D eigenvalue weighted by Crippen LogP contribution is 2.21. The molecule has 6 nitrogen and oxygen atoms in total. The molecule has 6 heteroatoms. The zero-order valence-corrected chi connectivity index (χ0v) is 16.8. The molecule has 0 bridgehead atoms. The van der Waals surface area contributed by atoms with Crippen molar-refractivity contribution in [3.8, 4) is 0 Å². The van der Waals surface area contributed by atoms with Crippen LogP contribution in [0.15, 0.2) is 36.5 Å². The number of aromatic nitrogens is 4. The van der Waals surface area contributed by atoms with E-state index in [1.54, 1.807) is 0 Å². The molecule has 1 N–H and O–H groups in total. The molecule has 0 saturated carbocycles. The van der Waals surface area contributed by atoms with Gasteiger partial charge >= 0.3 is 0 Å². The number of hydrogen-bond acceptors (Lipinski definition) is 3. The third-order valence-electron chi connectivity index (χ3n) is 5.28. The van der Waals surface area contributed by atoms with Crippen molar-refractivity contribution in [1.82, 2.24) is 19.2 Å². The van der Waals surface area contributed by atoms with Crippen LogP contribution < -0.4 is 5.32 Å². The number of nitrogens with one attached hydrogen (secondary N) is 1. The summed E-state index contributed by atoms with van der Waals surface area (Å²) in [6.07, 6.45) is 3.12. The third-order valence-corrected chi connectivity index (χ3v) is 5.28. The van der Waals surface area contributed by atoms with Crippen LogP contribution in [0.4, 0.5) is 5.69 Å². The van der Waals surface area contributed by atoms with Crippen molar-refractivity contribution >= 4 is 28.1 Å². The number of amides is 1. The van der Waals surface area contributed by atoms with Crippen molar-refractivity contribution in [2.45, 2.75) is 47.1 Å². The van der Waals surface area contributed by atoms with Crippen LogP contribution in [0.1, 0.15) is 36.0 Å². The van der Waals surface area contributed by atoms with Crippen LogP contribution in [-0.4, -0.2) is 25.1 Å². The molecule has 1 amide bonds. The lowest BCUT2D eigenvalue weighted by Gasteiger charge is -2.11. The monoisotopic (exact) mass is 375 g/mol. The van der Waals surface area contributed by atoms with Gasteiger partial charge in [-0.05, 0) is 63.9 Å². The number of fused-ring (bicyclic) bond motifs is 2. The normalized spacial score (nSPS) is 11.4. The smallest absolute Gasteiger partial charge is 0.224 e. The molecule has 144 valence electrons. The van der Waals surface area contributed by atoms with E-state index >= 15 is 0 Å². The Morgan fingerprint density at radius 3 is 2.75 bits per heavy atom. The van der Waals surface area contributed by atoms with Crippen molar-refractivity contribution in [2.24, 2.45) is 0 Å². The predicted molar refractivity (Wildman–Crippen MR) is 112 cm³/mol. The van der Waals surface area contributed by atoms with Gasteiger partial charge in [-0.25, -0.2) is 9.50 Å². The molecule has 3 aromatic heterocycles. The quantitative estimate of drug-likeness (QED) is 0.568. The van der Waals surface area contributed by atoms with Gasteiger partial charge in [0.1, 0.15) is 0 Å². The van der Waals surface area contributed by atoms with Gasteiger partial charge in [0.15, 0.2) is 5.65 Å². The van der Waals surface area contributed by atoms with Crippen molar-refractivity contribution in [2.75, 3.05) is 5.32 Å². The summed E-state index contributed by atoms with van der Waals surface area (Å²) in [5.41, 5.74) is 6.90. The van der Waals surface area contributed by atoms with Crippen LogP contribution in [-0.2, 0) is 17.8 Å². The van der Waals surface area contributed by atoms with Crippen LogP contribution in [0, 0.1) is 20.8 Å². The molecule has 0 spiro atoms. The average Bonchev–Trinajstić information content (AvgIpc) is 3.23. The predicted octanol–water partition coefficient (Wildman–Crippen LogP) is 4.20. The number of carbonyl (C=O) groups excluding carboxylic acids is 1. The number of hydrogen-bond donors (Lipinski definition) is 1. The molecule has 0 fully saturated rings. The topological polar surface area (TPSA) is 64.2 Å². The second kappa shape index (κ2) is 7.11. The van der Waals surface area contributed by atoms with Gasteiger partial charge in [0.2, 0.25) is 5.91 Å². The molecule has 28 heavy (non-hydrogen) atoms. The van der Waals surface area contributed by atoms with E-state index in [4.69, 9.17) is 0 Å². The van der Waals surface area contributed by atoms with E-state index < -0.39 is 0 Å². The van der Waals surface area contributed by atoms with E-state index in [0.29, 0.717) is 12.8 Å². The van der Waals surface area contributed by atoms with Gasteiger partial charge in [0.05, 0.1) is 5.69 Å². The molecule has 0 radical (unpaired) electrons. The van der Waals surface area contributed by atoms with Gasteiger partial charge in [-0.15, -0.1) is 0 Å². The summed E-state index contributed by atoms with van der Waals surface area (Å²) in [6.45, 7) is 9.04. The molecule has 0 aliphatic heterocycles. The third kappa shape index (κ3) is 3.26. The minimum atomic E-state index is 0.00446. The minimum absolute atomic E-state index is 0.00446. The van der Waals surface area contributed by atoms with Gasteiger partial charge in [0.25, 0.3) is 0 Å². The first-order chi connectivity index (χ1) is 13.5. The van der Waals surface area contributed by atoms with Crippen molar-refractivity contribution in [1.29, 1.82) is 0 Å². The number of benzene rings is 1. The van der Waals surface area contributed by atoms with Crippen LogP contribution in [0.5, 0.6) is 0 Å². The first kappa shape index (κ1) is 18.2. The zero-order chi connectivity index (χ0) is 19.8. The summed E-state index contributed by atoms with van der Waals surface area (Å²) in [5, 5.41) is 8.65. The van der Waals surface area contributed by atoms with Gasteiger partial charge in [-0.1, -0.05) is 0 Å². The van der Waals surface area contributed by atoms with E-state index in [0.717, 1.165) is 45.9 Å². The number of nitrogens with zero attached hydrogens (tertiary/aromatic N) is 4. The molecular formula is C22H25N5O. The summed E-state index contributed by atoms with van der Waals surface area (Å²) in [6, 6.07) is 10.1. The Kier molecular flexibility index (Phi) is 4.63. The first-order valence-electron chi connectivity index (χ1n) is 9.67. The molecule has 1 aromatic carbocycles. The Bertz CT molecular complexity index is 1180. The van der Waals surface area contributed by atoms with E-state index in [2.05, 4.69) is 45.2 Å². The van der Waals surface area contributed by atoms with E-state index in [1.807, 2.05) is 43.5 Å². The summed E-state index contributed by atoms with van der Waals surface area (Å²) < 4.78 is 4.05. The Balaban J connectivity index is 1.48. The van der Waals surface area contributed by atoms with E-state index in [1.165, 1.54) is 5.52 Å². The van der Waals surface area contributed by atoms with Crippen LogP contribution >= 0.6 is 0 Å². The maximum absolute atomic E-state index is 12.5. The number of rotatable bonds is 5. The van der Waals surface area contributed by atoms with Crippen molar-refractivity contribution in [3.63, 3.8) is 0 Å². The van der Waals surface area contributed by atoms with Crippen molar-refractivity contribution in [3.05, 3.63) is 59.2 Å². The van der Waals surface area contributed by atoms with Crippen LogP contribution in [0.2, 0.25) is 0 Å². The maximum Gasteiger partial charge on any atom is 0.224 e. The molecular weight excluding hydrogens is 350 g/mol. The molecule has 0 aliphatic carbocycles. The Morgan fingerprint density at radius 1 is 1.14 bits per heavy atom. The highest BCUT2D eigenvalue weighted by Gasteiger charge is 2.13. The van der Waals surface area contributed by atoms with Gasteiger partial charge in [-0.3, -0.25) is 4.79 Å². The lowest BCUT2D eigenvalue weighted by Crippen LogP contribution is -2.14. The average molecular weight is 375 g/mol. The van der Waals surface area contributed by atoms with Crippen LogP contribution in [0.3, 0.4) is 0 Å². The Morgan fingerprint density at radius 2 is 1.96 bits per heavy atom. The molecule has 0 unspecified atom stereocenters. The number of anilines is 1. The molecule has 0 aliphatic rings. The standard InChI is InChI=1S/C22H25N5O/c1-5-26-11-10-17-13-18(6-8-20(17)26)24-22(28)9-7-19-15(3)23-21-12-14(2)25-27(21)16(19)4/h6,8,10-13H,5,7,9H2,1-4H3,(H,24,28). The SMILES string of the molecule is CCn1ccc2cc(NC(=O)CCc3c(C)nc4cc(C)nn4c3C)ccc21. The molecule has 0 saturated heterocycles. The van der Waals surface area contributed by atoms with E-state index in [9.17, 15) is 4.79 Å². The Hall–Kier alpha value is -3.15. The summed E-state index contributed by atoms with van der Waals surface area (Å²) in [7, 11) is 0. The molecule has 4 aromatic rings. The molecule has 0 atom stereocenters. The second-order valence-electron chi connectivity index (χ2n) is 7.24. The van der Waals surface area contributed by atoms with Gasteiger partial charge in [0, 0.05) is 53.2 Å². The fraction of sp³-hybridized carbons (Fsp3) is 0.318. The summed E-state index contributed by atoms with van der Waals surface area (Å²) >= 11 is 0. The summed E-state index contributed by atoms with van der Waals surface area (Å²) in [4.78, 5) is 17.1. The summed E-state index contributed by atoms with van der Waals surface area (Å²) in [5.74, 6) is 0.00446. The number of aryl methyl sites for hydroxylation is 4. The fourth-order valence-corrected chi connectivity index (χ4v) is 3.82. The largest absolute Gasteiger partial charge is 0.348 e. The lowest BCUT2D eigenvalue weighted by molar-refractivity contribution is -0.116.